The molecule has 1 unspecified atom stereocenters. The summed E-state index contributed by atoms with van der Waals surface area (Å²) < 4.78 is 6.44. The highest BCUT2D eigenvalue weighted by atomic mass is 16.5. The van der Waals surface area contributed by atoms with Crippen LogP contribution in [0.15, 0.2) is 0 Å². The Labute approximate surface area is 110 Å². The molecule has 4 rings (SSSR count). The van der Waals surface area contributed by atoms with Gasteiger partial charge in [0.15, 0.2) is 0 Å². The van der Waals surface area contributed by atoms with Gasteiger partial charge in [0.2, 0.25) is 0 Å². The standard InChI is InChI=1S/C15H26N2O/c1-2-5-15(4-1)6-3-14(18-15)11-17-9-12-7-16-8-13(12)10-17/h12-14,16H,1-11H2/t12-,13+,14?. The van der Waals surface area contributed by atoms with Crippen LogP contribution in [-0.4, -0.2) is 49.3 Å². The fraction of sp³-hybridized carbons (Fsp3) is 1.00. The molecular weight excluding hydrogens is 224 g/mol. The summed E-state index contributed by atoms with van der Waals surface area (Å²) in [5, 5.41) is 3.52. The van der Waals surface area contributed by atoms with Crippen LogP contribution in [0.2, 0.25) is 0 Å². The Kier molecular flexibility index (Phi) is 2.90. The van der Waals surface area contributed by atoms with E-state index < -0.39 is 0 Å². The van der Waals surface area contributed by atoms with Crippen LogP contribution >= 0.6 is 0 Å². The van der Waals surface area contributed by atoms with Gasteiger partial charge in [0.1, 0.15) is 0 Å². The minimum Gasteiger partial charge on any atom is -0.370 e. The Morgan fingerprint density at radius 2 is 1.78 bits per heavy atom. The van der Waals surface area contributed by atoms with Crippen molar-refractivity contribution in [3.63, 3.8) is 0 Å². The van der Waals surface area contributed by atoms with Crippen molar-refractivity contribution in [1.29, 1.82) is 0 Å². The van der Waals surface area contributed by atoms with Crippen LogP contribution < -0.4 is 5.32 Å². The number of ether oxygens (including phenoxy) is 1. The van der Waals surface area contributed by atoms with Gasteiger partial charge in [-0.25, -0.2) is 0 Å². The zero-order valence-corrected chi connectivity index (χ0v) is 11.4. The van der Waals surface area contributed by atoms with E-state index >= 15 is 0 Å². The monoisotopic (exact) mass is 250 g/mol. The molecule has 1 N–H and O–H groups in total. The summed E-state index contributed by atoms with van der Waals surface area (Å²) in [4.78, 5) is 2.68. The molecule has 3 heterocycles. The molecule has 18 heavy (non-hydrogen) atoms. The Morgan fingerprint density at radius 3 is 2.50 bits per heavy atom. The van der Waals surface area contributed by atoms with Crippen molar-refractivity contribution in [2.75, 3.05) is 32.7 Å². The molecule has 0 bridgehead atoms. The molecular formula is C15H26N2O. The molecule has 0 aromatic heterocycles. The second kappa shape index (κ2) is 4.46. The van der Waals surface area contributed by atoms with Crippen molar-refractivity contribution in [3.8, 4) is 0 Å². The van der Waals surface area contributed by atoms with Crippen molar-refractivity contribution in [2.24, 2.45) is 11.8 Å². The predicted octanol–water partition coefficient (Wildman–Crippen LogP) is 1.63. The van der Waals surface area contributed by atoms with Crippen LogP contribution in [-0.2, 0) is 4.74 Å². The number of nitrogens with one attached hydrogen (secondary N) is 1. The highest BCUT2D eigenvalue weighted by Gasteiger charge is 2.44. The van der Waals surface area contributed by atoms with Crippen LogP contribution in [0.4, 0.5) is 0 Å². The van der Waals surface area contributed by atoms with E-state index in [1.807, 2.05) is 0 Å². The summed E-state index contributed by atoms with van der Waals surface area (Å²) in [7, 11) is 0. The molecule has 102 valence electrons. The van der Waals surface area contributed by atoms with Gasteiger partial charge < -0.3 is 15.0 Å². The minimum atomic E-state index is 0.321. The van der Waals surface area contributed by atoms with Gasteiger partial charge in [0.05, 0.1) is 11.7 Å². The van der Waals surface area contributed by atoms with Crippen molar-refractivity contribution in [2.45, 2.75) is 50.2 Å². The van der Waals surface area contributed by atoms with Crippen LogP contribution in [0.25, 0.3) is 0 Å². The molecule has 0 aromatic rings. The lowest BCUT2D eigenvalue weighted by molar-refractivity contribution is -0.0458. The Bertz CT molecular complexity index is 302. The molecule has 3 aliphatic heterocycles. The highest BCUT2D eigenvalue weighted by Crippen LogP contribution is 2.43. The summed E-state index contributed by atoms with van der Waals surface area (Å²) in [5.41, 5.74) is 0.321. The largest absolute Gasteiger partial charge is 0.370 e. The lowest BCUT2D eigenvalue weighted by Gasteiger charge is -2.26. The van der Waals surface area contributed by atoms with Gasteiger partial charge in [-0.05, 0) is 50.6 Å². The fourth-order valence-electron chi connectivity index (χ4n) is 4.80. The van der Waals surface area contributed by atoms with Crippen molar-refractivity contribution in [3.05, 3.63) is 0 Å². The van der Waals surface area contributed by atoms with Gasteiger partial charge in [-0.3, -0.25) is 0 Å². The molecule has 3 nitrogen and oxygen atoms in total. The van der Waals surface area contributed by atoms with Gasteiger partial charge in [-0.1, -0.05) is 12.8 Å². The molecule has 3 heteroatoms. The third-order valence-corrected chi connectivity index (χ3v) is 5.78. The first-order valence-corrected chi connectivity index (χ1v) is 7.94. The third-order valence-electron chi connectivity index (χ3n) is 5.78. The van der Waals surface area contributed by atoms with E-state index in [2.05, 4.69) is 10.2 Å². The Hall–Kier alpha value is -0.120. The first kappa shape index (κ1) is 11.7. The van der Waals surface area contributed by atoms with Gasteiger partial charge >= 0.3 is 0 Å². The second-order valence-electron chi connectivity index (χ2n) is 7.07. The molecule has 0 amide bonds. The maximum absolute atomic E-state index is 6.44. The number of likely N-dealkylation sites (tertiary alicyclic amines) is 1. The molecule has 3 saturated heterocycles. The average molecular weight is 250 g/mol. The highest BCUT2D eigenvalue weighted by molar-refractivity contribution is 4.96. The number of nitrogens with zero attached hydrogens (tertiary/aromatic N) is 1. The van der Waals surface area contributed by atoms with Gasteiger partial charge in [-0.15, -0.1) is 0 Å². The van der Waals surface area contributed by atoms with E-state index in [9.17, 15) is 0 Å². The molecule has 0 radical (unpaired) electrons. The van der Waals surface area contributed by atoms with Crippen LogP contribution in [0.3, 0.4) is 0 Å². The van der Waals surface area contributed by atoms with E-state index in [0.717, 1.165) is 11.8 Å². The zero-order valence-electron chi connectivity index (χ0n) is 11.4. The van der Waals surface area contributed by atoms with Crippen molar-refractivity contribution in [1.82, 2.24) is 10.2 Å². The van der Waals surface area contributed by atoms with Crippen molar-refractivity contribution >= 4 is 0 Å². The molecule has 1 saturated carbocycles. The van der Waals surface area contributed by atoms with E-state index in [0.29, 0.717) is 11.7 Å². The third kappa shape index (κ3) is 2.00. The topological polar surface area (TPSA) is 24.5 Å². The summed E-state index contributed by atoms with van der Waals surface area (Å²) in [6.45, 7) is 6.32. The SMILES string of the molecule is C1CCC2(C1)CCC(CN1C[C@H]3CNC[C@H]3C1)O2. The molecule has 3 atom stereocenters. The van der Waals surface area contributed by atoms with Gasteiger partial charge in [-0.2, -0.15) is 0 Å². The minimum absolute atomic E-state index is 0.321. The average Bonchev–Trinajstić information content (AvgIpc) is 3.05. The summed E-state index contributed by atoms with van der Waals surface area (Å²) >= 11 is 0. The number of hydrogen-bond acceptors (Lipinski definition) is 3. The predicted molar refractivity (Wildman–Crippen MR) is 71.6 cm³/mol. The first-order valence-electron chi connectivity index (χ1n) is 7.94. The summed E-state index contributed by atoms with van der Waals surface area (Å²) in [5.74, 6) is 1.85. The lowest BCUT2D eigenvalue weighted by Crippen LogP contribution is -2.35. The number of rotatable bonds is 2. The molecule has 0 aromatic carbocycles. The van der Waals surface area contributed by atoms with E-state index in [-0.39, 0.29) is 0 Å². The normalized spacial score (nSPS) is 43.0. The molecule has 1 aliphatic carbocycles. The smallest absolute Gasteiger partial charge is 0.0710 e. The summed E-state index contributed by atoms with van der Waals surface area (Å²) in [6, 6.07) is 0. The van der Waals surface area contributed by atoms with Crippen LogP contribution in [0, 0.1) is 11.8 Å². The first-order chi connectivity index (χ1) is 8.83. The fourth-order valence-corrected chi connectivity index (χ4v) is 4.80. The number of hydrogen-bond donors (Lipinski definition) is 1. The van der Waals surface area contributed by atoms with Gasteiger partial charge in [0.25, 0.3) is 0 Å². The zero-order chi connectivity index (χ0) is 12.0. The quantitative estimate of drug-likeness (QED) is 0.806. The maximum atomic E-state index is 6.44. The van der Waals surface area contributed by atoms with Crippen LogP contribution in [0.1, 0.15) is 38.5 Å². The second-order valence-corrected chi connectivity index (χ2v) is 7.07. The van der Waals surface area contributed by atoms with E-state index in [1.54, 1.807) is 0 Å². The van der Waals surface area contributed by atoms with Crippen molar-refractivity contribution < 1.29 is 4.74 Å². The number of fused-ring (bicyclic) bond motifs is 1. The van der Waals surface area contributed by atoms with Gasteiger partial charge in [0, 0.05) is 19.6 Å². The molecule has 1 spiro atoms. The lowest BCUT2D eigenvalue weighted by atomic mass is 9.98. The molecule has 4 fully saturated rings. The van der Waals surface area contributed by atoms with E-state index in [4.69, 9.17) is 4.74 Å². The maximum Gasteiger partial charge on any atom is 0.0710 e. The summed E-state index contributed by atoms with van der Waals surface area (Å²) in [6.07, 6.45) is 8.63. The molecule has 4 aliphatic rings. The Balaban J connectivity index is 1.31. The van der Waals surface area contributed by atoms with E-state index in [1.165, 1.54) is 71.2 Å². The Morgan fingerprint density at radius 1 is 1.06 bits per heavy atom. The van der Waals surface area contributed by atoms with Crippen LogP contribution in [0.5, 0.6) is 0 Å².